The molecule has 0 aliphatic carbocycles. The SMILES string of the molecule is CCCCC(CC)C(=O)NCCC(C)O. The Hall–Kier alpha value is -0.570. The number of aliphatic hydroxyl groups excluding tert-OH is 1. The Kier molecular flexibility index (Phi) is 8.38. The van der Waals surface area contributed by atoms with E-state index in [1.54, 1.807) is 6.92 Å². The molecule has 0 bridgehead atoms. The smallest absolute Gasteiger partial charge is 0.223 e. The molecule has 0 fully saturated rings. The molecule has 15 heavy (non-hydrogen) atoms. The molecule has 3 heteroatoms. The first-order valence-corrected chi connectivity index (χ1v) is 6.07. The van der Waals surface area contributed by atoms with Gasteiger partial charge in [0.05, 0.1) is 6.10 Å². The molecule has 3 nitrogen and oxygen atoms in total. The molecule has 2 N–H and O–H groups in total. The van der Waals surface area contributed by atoms with Crippen molar-refractivity contribution in [2.45, 2.75) is 59.0 Å². The van der Waals surface area contributed by atoms with Crippen LogP contribution in [0.3, 0.4) is 0 Å². The first-order chi connectivity index (χ1) is 7.11. The van der Waals surface area contributed by atoms with E-state index in [-0.39, 0.29) is 17.9 Å². The number of hydrogen-bond donors (Lipinski definition) is 2. The number of hydrogen-bond acceptors (Lipinski definition) is 2. The van der Waals surface area contributed by atoms with Gasteiger partial charge in [0.25, 0.3) is 0 Å². The highest BCUT2D eigenvalue weighted by molar-refractivity contribution is 5.78. The minimum Gasteiger partial charge on any atom is -0.393 e. The standard InChI is InChI=1S/C12H25NO2/c1-4-6-7-11(5-2)12(15)13-9-8-10(3)14/h10-11,14H,4-9H2,1-3H3,(H,13,15). The van der Waals surface area contributed by atoms with Gasteiger partial charge in [-0.15, -0.1) is 0 Å². The number of amides is 1. The summed E-state index contributed by atoms with van der Waals surface area (Å²) in [7, 11) is 0. The summed E-state index contributed by atoms with van der Waals surface area (Å²) in [5, 5.41) is 11.9. The van der Waals surface area contributed by atoms with Crippen molar-refractivity contribution in [2.24, 2.45) is 5.92 Å². The lowest BCUT2D eigenvalue weighted by Crippen LogP contribution is -2.32. The Balaban J connectivity index is 3.73. The van der Waals surface area contributed by atoms with Crippen LogP contribution in [0.5, 0.6) is 0 Å². The zero-order chi connectivity index (χ0) is 11.7. The van der Waals surface area contributed by atoms with E-state index in [1.165, 1.54) is 0 Å². The second kappa shape index (κ2) is 8.72. The molecule has 0 aliphatic rings. The molecule has 0 saturated carbocycles. The van der Waals surface area contributed by atoms with Crippen LogP contribution in [0.2, 0.25) is 0 Å². The zero-order valence-electron chi connectivity index (χ0n) is 10.3. The summed E-state index contributed by atoms with van der Waals surface area (Å²) in [5.74, 6) is 0.297. The molecule has 0 aromatic rings. The van der Waals surface area contributed by atoms with Crippen LogP contribution in [0.15, 0.2) is 0 Å². The van der Waals surface area contributed by atoms with Crippen LogP contribution < -0.4 is 5.32 Å². The van der Waals surface area contributed by atoms with Gasteiger partial charge in [-0.2, -0.15) is 0 Å². The van der Waals surface area contributed by atoms with Crippen molar-refractivity contribution in [3.05, 3.63) is 0 Å². The highest BCUT2D eigenvalue weighted by Crippen LogP contribution is 2.12. The van der Waals surface area contributed by atoms with Gasteiger partial charge in [-0.25, -0.2) is 0 Å². The van der Waals surface area contributed by atoms with Crippen LogP contribution >= 0.6 is 0 Å². The van der Waals surface area contributed by atoms with E-state index in [0.29, 0.717) is 13.0 Å². The number of carbonyl (C=O) groups is 1. The van der Waals surface area contributed by atoms with E-state index in [2.05, 4.69) is 19.2 Å². The van der Waals surface area contributed by atoms with Crippen LogP contribution in [0.25, 0.3) is 0 Å². The van der Waals surface area contributed by atoms with Crippen molar-refractivity contribution in [3.63, 3.8) is 0 Å². The number of aliphatic hydroxyl groups is 1. The number of nitrogens with one attached hydrogen (secondary N) is 1. The number of rotatable bonds is 8. The van der Waals surface area contributed by atoms with E-state index in [4.69, 9.17) is 5.11 Å². The van der Waals surface area contributed by atoms with Gasteiger partial charge >= 0.3 is 0 Å². The Morgan fingerprint density at radius 2 is 2.00 bits per heavy atom. The van der Waals surface area contributed by atoms with Crippen LogP contribution in [-0.4, -0.2) is 23.7 Å². The molecular formula is C12H25NO2. The van der Waals surface area contributed by atoms with E-state index in [0.717, 1.165) is 25.7 Å². The quantitative estimate of drug-likeness (QED) is 0.651. The maximum atomic E-state index is 11.7. The maximum absolute atomic E-state index is 11.7. The lowest BCUT2D eigenvalue weighted by molar-refractivity contribution is -0.125. The molecule has 1 amide bonds. The predicted molar refractivity (Wildman–Crippen MR) is 62.6 cm³/mol. The normalized spacial score (nSPS) is 14.7. The molecule has 90 valence electrons. The van der Waals surface area contributed by atoms with Gasteiger partial charge in [-0.05, 0) is 26.2 Å². The van der Waals surface area contributed by atoms with Crippen molar-refractivity contribution in [1.29, 1.82) is 0 Å². The first kappa shape index (κ1) is 14.4. The van der Waals surface area contributed by atoms with Crippen molar-refractivity contribution in [3.8, 4) is 0 Å². The largest absolute Gasteiger partial charge is 0.393 e. The Labute approximate surface area is 93.3 Å². The summed E-state index contributed by atoms with van der Waals surface area (Å²) in [5.41, 5.74) is 0. The fourth-order valence-corrected chi connectivity index (χ4v) is 1.52. The third-order valence-electron chi connectivity index (χ3n) is 2.63. The average molecular weight is 215 g/mol. The predicted octanol–water partition coefficient (Wildman–Crippen LogP) is 2.09. The second-order valence-corrected chi connectivity index (χ2v) is 4.18. The lowest BCUT2D eigenvalue weighted by Gasteiger charge is -2.14. The van der Waals surface area contributed by atoms with E-state index < -0.39 is 0 Å². The Morgan fingerprint density at radius 1 is 1.33 bits per heavy atom. The van der Waals surface area contributed by atoms with E-state index in [1.807, 2.05) is 0 Å². The van der Waals surface area contributed by atoms with Crippen LogP contribution in [0.4, 0.5) is 0 Å². The first-order valence-electron chi connectivity index (χ1n) is 6.07. The number of unbranched alkanes of at least 4 members (excludes halogenated alkanes) is 1. The van der Waals surface area contributed by atoms with Gasteiger partial charge in [0.2, 0.25) is 5.91 Å². The molecule has 2 atom stereocenters. The molecule has 0 aromatic heterocycles. The van der Waals surface area contributed by atoms with Gasteiger partial charge in [0.1, 0.15) is 0 Å². The topological polar surface area (TPSA) is 49.3 Å². The van der Waals surface area contributed by atoms with Gasteiger partial charge in [0, 0.05) is 12.5 Å². The maximum Gasteiger partial charge on any atom is 0.223 e. The third kappa shape index (κ3) is 7.37. The molecule has 0 rings (SSSR count). The van der Waals surface area contributed by atoms with Gasteiger partial charge in [-0.1, -0.05) is 26.7 Å². The zero-order valence-corrected chi connectivity index (χ0v) is 10.3. The van der Waals surface area contributed by atoms with Gasteiger partial charge in [-0.3, -0.25) is 4.79 Å². The monoisotopic (exact) mass is 215 g/mol. The fourth-order valence-electron chi connectivity index (χ4n) is 1.52. The van der Waals surface area contributed by atoms with E-state index >= 15 is 0 Å². The molecule has 0 aromatic carbocycles. The number of carbonyl (C=O) groups excluding carboxylic acids is 1. The summed E-state index contributed by atoms with van der Waals surface area (Å²) >= 11 is 0. The van der Waals surface area contributed by atoms with Crippen molar-refractivity contribution in [2.75, 3.05) is 6.54 Å². The minimum atomic E-state index is -0.332. The molecule has 0 heterocycles. The summed E-state index contributed by atoms with van der Waals surface area (Å²) in [6.07, 6.45) is 4.44. The highest BCUT2D eigenvalue weighted by atomic mass is 16.3. The van der Waals surface area contributed by atoms with Gasteiger partial charge in [0.15, 0.2) is 0 Å². The Bertz CT molecular complexity index is 169. The van der Waals surface area contributed by atoms with Gasteiger partial charge < -0.3 is 10.4 Å². The van der Waals surface area contributed by atoms with Crippen molar-refractivity contribution >= 4 is 5.91 Å². The third-order valence-corrected chi connectivity index (χ3v) is 2.63. The fraction of sp³-hybridized carbons (Fsp3) is 0.917. The lowest BCUT2D eigenvalue weighted by atomic mass is 9.98. The molecule has 0 aliphatic heterocycles. The van der Waals surface area contributed by atoms with Crippen molar-refractivity contribution < 1.29 is 9.90 Å². The molecule has 2 unspecified atom stereocenters. The Morgan fingerprint density at radius 3 is 2.47 bits per heavy atom. The average Bonchev–Trinajstić information content (AvgIpc) is 2.18. The minimum absolute atomic E-state index is 0.145. The summed E-state index contributed by atoms with van der Waals surface area (Å²) < 4.78 is 0. The van der Waals surface area contributed by atoms with Crippen molar-refractivity contribution in [1.82, 2.24) is 5.32 Å². The van der Waals surface area contributed by atoms with Crippen LogP contribution in [0.1, 0.15) is 52.9 Å². The summed E-state index contributed by atoms with van der Waals surface area (Å²) in [4.78, 5) is 11.7. The summed E-state index contributed by atoms with van der Waals surface area (Å²) in [6.45, 7) is 6.51. The molecule has 0 spiro atoms. The van der Waals surface area contributed by atoms with Crippen LogP contribution in [-0.2, 0) is 4.79 Å². The summed E-state index contributed by atoms with van der Waals surface area (Å²) in [6, 6.07) is 0. The molecule has 0 radical (unpaired) electrons. The highest BCUT2D eigenvalue weighted by Gasteiger charge is 2.14. The molecular weight excluding hydrogens is 190 g/mol. The molecule has 0 saturated heterocycles. The van der Waals surface area contributed by atoms with E-state index in [9.17, 15) is 4.79 Å². The van der Waals surface area contributed by atoms with Crippen LogP contribution in [0, 0.1) is 5.92 Å². The second-order valence-electron chi connectivity index (χ2n) is 4.18.